The summed E-state index contributed by atoms with van der Waals surface area (Å²) in [5.41, 5.74) is 3.43. The highest BCUT2D eigenvalue weighted by atomic mass is 16.2. The summed E-state index contributed by atoms with van der Waals surface area (Å²) in [6.07, 6.45) is 8.00. The van der Waals surface area contributed by atoms with Gasteiger partial charge in [0.15, 0.2) is 0 Å². The zero-order valence-electron chi connectivity index (χ0n) is 18.3. The molecule has 6 nitrogen and oxygen atoms in total. The molecule has 3 amide bonds. The molecule has 5 fully saturated rings. The van der Waals surface area contributed by atoms with Gasteiger partial charge in [-0.25, -0.2) is 4.79 Å². The third-order valence-corrected chi connectivity index (χ3v) is 7.91. The van der Waals surface area contributed by atoms with Crippen molar-refractivity contribution in [3.63, 3.8) is 0 Å². The quantitative estimate of drug-likeness (QED) is 0.635. The Labute approximate surface area is 188 Å². The lowest BCUT2D eigenvalue weighted by Crippen LogP contribution is -2.54. The van der Waals surface area contributed by atoms with Gasteiger partial charge in [-0.3, -0.25) is 9.69 Å². The predicted molar refractivity (Wildman–Crippen MR) is 126 cm³/mol. The van der Waals surface area contributed by atoms with Crippen LogP contribution in [0.2, 0.25) is 0 Å². The summed E-state index contributed by atoms with van der Waals surface area (Å²) in [6.45, 7) is 1.29. The minimum absolute atomic E-state index is 0.0909. The number of anilines is 3. The molecule has 1 saturated heterocycles. The third kappa shape index (κ3) is 3.51. The molecule has 0 unspecified atom stereocenters. The maximum absolute atomic E-state index is 13.0. The maximum atomic E-state index is 13.0. The average Bonchev–Trinajstić information content (AvgIpc) is 3.20. The second kappa shape index (κ2) is 7.54. The van der Waals surface area contributed by atoms with Crippen molar-refractivity contribution in [3.05, 3.63) is 54.1 Å². The van der Waals surface area contributed by atoms with Crippen molar-refractivity contribution >= 4 is 29.0 Å². The second-order valence-corrected chi connectivity index (χ2v) is 10.3. The fourth-order valence-corrected chi connectivity index (χ4v) is 6.96. The Hall–Kier alpha value is -3.02. The summed E-state index contributed by atoms with van der Waals surface area (Å²) in [7, 11) is 0. The lowest BCUT2D eigenvalue weighted by molar-refractivity contribution is 0.0107. The van der Waals surface area contributed by atoms with Gasteiger partial charge in [0.1, 0.15) is 0 Å². The molecule has 0 spiro atoms. The van der Waals surface area contributed by atoms with Crippen molar-refractivity contribution in [3.8, 4) is 0 Å². The molecule has 0 aromatic heterocycles. The number of nitrogens with zero attached hydrogens (tertiary/aromatic N) is 1. The number of rotatable bonds is 5. The topological polar surface area (TPSA) is 73.5 Å². The molecule has 6 heteroatoms. The highest BCUT2D eigenvalue weighted by Crippen LogP contribution is 2.56. The number of carbonyl (C=O) groups excluding carboxylic acids is 2. The van der Waals surface area contributed by atoms with E-state index in [1.807, 2.05) is 30.3 Å². The summed E-state index contributed by atoms with van der Waals surface area (Å²) in [6, 6.07) is 15.2. The van der Waals surface area contributed by atoms with Gasteiger partial charge in [0, 0.05) is 29.9 Å². The zero-order valence-corrected chi connectivity index (χ0v) is 18.3. The van der Waals surface area contributed by atoms with E-state index in [4.69, 9.17) is 0 Å². The number of amides is 3. The van der Waals surface area contributed by atoms with Crippen LogP contribution in [-0.4, -0.2) is 30.6 Å². The third-order valence-electron chi connectivity index (χ3n) is 7.91. The number of benzene rings is 2. The number of nitrogens with one attached hydrogen (secondary N) is 3. The van der Waals surface area contributed by atoms with Crippen LogP contribution in [0.25, 0.3) is 0 Å². The van der Waals surface area contributed by atoms with Gasteiger partial charge >= 0.3 is 6.03 Å². The lowest BCUT2D eigenvalue weighted by atomic mass is 9.53. The Balaban J connectivity index is 1.18. The maximum Gasteiger partial charge on any atom is 0.321 e. The molecule has 0 radical (unpaired) electrons. The molecule has 2 aromatic carbocycles. The largest absolute Gasteiger partial charge is 0.378 e. The van der Waals surface area contributed by atoms with Gasteiger partial charge in [0.2, 0.25) is 0 Å². The molecule has 3 N–H and O–H groups in total. The summed E-state index contributed by atoms with van der Waals surface area (Å²) in [5, 5.41) is 9.81. The van der Waals surface area contributed by atoms with Gasteiger partial charge in [0.05, 0.1) is 11.4 Å². The van der Waals surface area contributed by atoms with Crippen molar-refractivity contribution in [2.24, 2.45) is 17.8 Å². The molecule has 7 rings (SSSR count). The normalized spacial score (nSPS) is 30.3. The Morgan fingerprint density at radius 1 is 0.906 bits per heavy atom. The fraction of sp³-hybridized carbons (Fsp3) is 0.462. The molecular formula is C26H30N4O2. The molecular weight excluding hydrogens is 400 g/mol. The van der Waals surface area contributed by atoms with Crippen LogP contribution in [0.4, 0.5) is 21.9 Å². The van der Waals surface area contributed by atoms with Crippen LogP contribution in [0.15, 0.2) is 48.5 Å². The Morgan fingerprint density at radius 2 is 1.53 bits per heavy atom. The monoisotopic (exact) mass is 430 g/mol. The first kappa shape index (κ1) is 19.6. The standard InChI is InChI=1S/C26H30N4O2/c31-24(20-5-7-21(8-6-20)30-10-9-27-25(30)32)28-22-3-1-2-4-23(22)29-26-14-17-11-18(15-26)13-19(12-17)16-26/h1-8,17-19,29H,9-16H2,(H,27,32)(H,28,31). The predicted octanol–water partition coefficient (Wildman–Crippen LogP) is 4.85. The molecule has 32 heavy (non-hydrogen) atoms. The van der Waals surface area contributed by atoms with Crippen LogP contribution in [0.5, 0.6) is 0 Å². The molecule has 0 atom stereocenters. The SMILES string of the molecule is O=C(Nc1ccccc1NC12CC3CC(CC(C3)C1)C2)c1ccc(N2CCNC2=O)cc1. The first-order valence-electron chi connectivity index (χ1n) is 11.9. The molecule has 4 saturated carbocycles. The van der Waals surface area contributed by atoms with E-state index >= 15 is 0 Å². The summed E-state index contributed by atoms with van der Waals surface area (Å²) in [5.74, 6) is 2.47. The molecule has 4 aliphatic carbocycles. The summed E-state index contributed by atoms with van der Waals surface area (Å²) >= 11 is 0. The van der Waals surface area contributed by atoms with Crippen molar-refractivity contribution in [2.45, 2.75) is 44.1 Å². The van der Waals surface area contributed by atoms with Crippen LogP contribution in [-0.2, 0) is 0 Å². The van der Waals surface area contributed by atoms with Crippen molar-refractivity contribution < 1.29 is 9.59 Å². The van der Waals surface area contributed by atoms with Crippen LogP contribution in [0.1, 0.15) is 48.9 Å². The number of carbonyl (C=O) groups is 2. The van der Waals surface area contributed by atoms with Crippen LogP contribution in [0.3, 0.4) is 0 Å². The van der Waals surface area contributed by atoms with Crippen molar-refractivity contribution in [1.82, 2.24) is 5.32 Å². The van der Waals surface area contributed by atoms with E-state index in [0.717, 1.165) is 34.8 Å². The average molecular weight is 431 g/mol. The fourth-order valence-electron chi connectivity index (χ4n) is 6.96. The van der Waals surface area contributed by atoms with E-state index in [1.54, 1.807) is 17.0 Å². The molecule has 5 aliphatic rings. The van der Waals surface area contributed by atoms with Crippen LogP contribution in [0, 0.1) is 17.8 Å². The van der Waals surface area contributed by atoms with Crippen LogP contribution >= 0.6 is 0 Å². The lowest BCUT2D eigenvalue weighted by Gasteiger charge is -2.57. The minimum Gasteiger partial charge on any atom is -0.378 e. The van der Waals surface area contributed by atoms with Crippen LogP contribution < -0.4 is 20.9 Å². The van der Waals surface area contributed by atoms with E-state index in [2.05, 4.69) is 22.0 Å². The molecule has 1 aliphatic heterocycles. The van der Waals surface area contributed by atoms with Gasteiger partial charge in [-0.1, -0.05) is 12.1 Å². The molecule has 166 valence electrons. The van der Waals surface area contributed by atoms with Gasteiger partial charge in [-0.2, -0.15) is 0 Å². The Kier molecular flexibility index (Phi) is 4.63. The van der Waals surface area contributed by atoms with E-state index in [-0.39, 0.29) is 17.5 Å². The number of urea groups is 1. The van der Waals surface area contributed by atoms with Crippen molar-refractivity contribution in [2.75, 3.05) is 28.6 Å². The first-order chi connectivity index (χ1) is 15.6. The smallest absolute Gasteiger partial charge is 0.321 e. The highest BCUT2D eigenvalue weighted by molar-refractivity contribution is 6.06. The second-order valence-electron chi connectivity index (χ2n) is 10.3. The molecule has 4 bridgehead atoms. The summed E-state index contributed by atoms with van der Waals surface area (Å²) in [4.78, 5) is 26.5. The number of hydrogen-bond donors (Lipinski definition) is 3. The molecule has 1 heterocycles. The number of para-hydroxylation sites is 2. The zero-order chi connectivity index (χ0) is 21.7. The van der Waals surface area contributed by atoms with Gasteiger partial charge in [-0.15, -0.1) is 0 Å². The Bertz CT molecular complexity index is 1010. The minimum atomic E-state index is -0.137. The number of hydrogen-bond acceptors (Lipinski definition) is 3. The van der Waals surface area contributed by atoms with E-state index in [9.17, 15) is 9.59 Å². The van der Waals surface area contributed by atoms with Crippen molar-refractivity contribution in [1.29, 1.82) is 0 Å². The molecule has 2 aromatic rings. The van der Waals surface area contributed by atoms with Gasteiger partial charge in [0.25, 0.3) is 5.91 Å². The van der Waals surface area contributed by atoms with E-state index < -0.39 is 0 Å². The Morgan fingerprint density at radius 3 is 2.12 bits per heavy atom. The highest BCUT2D eigenvalue weighted by Gasteiger charge is 2.51. The van der Waals surface area contributed by atoms with Gasteiger partial charge < -0.3 is 16.0 Å². The van der Waals surface area contributed by atoms with E-state index in [1.165, 1.54) is 38.5 Å². The first-order valence-corrected chi connectivity index (χ1v) is 11.9. The van der Waals surface area contributed by atoms with E-state index in [0.29, 0.717) is 18.7 Å². The summed E-state index contributed by atoms with van der Waals surface area (Å²) < 4.78 is 0. The van der Waals surface area contributed by atoms with Gasteiger partial charge in [-0.05, 0) is 92.7 Å².